The lowest BCUT2D eigenvalue weighted by Gasteiger charge is -2.07. The van der Waals surface area contributed by atoms with Gasteiger partial charge in [0.2, 0.25) is 5.91 Å². The topological polar surface area (TPSA) is 78.3 Å². The summed E-state index contributed by atoms with van der Waals surface area (Å²) in [6.45, 7) is 5.12. The van der Waals surface area contributed by atoms with Crippen LogP contribution >= 0.6 is 11.8 Å². The van der Waals surface area contributed by atoms with E-state index in [0.29, 0.717) is 18.4 Å². The van der Waals surface area contributed by atoms with Gasteiger partial charge in [-0.15, -0.1) is 10.2 Å². The van der Waals surface area contributed by atoms with E-state index in [1.54, 1.807) is 0 Å². The van der Waals surface area contributed by atoms with Crippen molar-refractivity contribution >= 4 is 23.4 Å². The molecular weight excluding hydrogens is 388 g/mol. The van der Waals surface area contributed by atoms with E-state index < -0.39 is 0 Å². The second-order valence-corrected chi connectivity index (χ2v) is 7.06. The number of carbonyl (C=O) groups is 1. The highest BCUT2D eigenvalue weighted by Crippen LogP contribution is 2.25. The average molecular weight is 413 g/mol. The average Bonchev–Trinajstić information content (AvgIpc) is 3.09. The van der Waals surface area contributed by atoms with E-state index in [1.165, 1.54) is 11.8 Å². The SMILES string of the molecule is CCOc1ccc(NC(=O)CSc2nnc(-c3ccc(OCC)cc3)n2C)cc1. The van der Waals surface area contributed by atoms with E-state index in [1.807, 2.05) is 74.0 Å². The molecule has 0 aliphatic carbocycles. The molecular formula is C21H24N4O3S. The number of nitrogens with zero attached hydrogens (tertiary/aromatic N) is 3. The number of rotatable bonds is 9. The second kappa shape index (κ2) is 9.97. The Balaban J connectivity index is 1.57. The predicted octanol–water partition coefficient (Wildman–Crippen LogP) is 4.01. The molecule has 0 fully saturated rings. The summed E-state index contributed by atoms with van der Waals surface area (Å²) in [5.74, 6) is 2.47. The van der Waals surface area contributed by atoms with Crippen molar-refractivity contribution in [3.63, 3.8) is 0 Å². The van der Waals surface area contributed by atoms with Gasteiger partial charge < -0.3 is 19.4 Å². The molecule has 0 saturated heterocycles. The second-order valence-electron chi connectivity index (χ2n) is 6.12. The van der Waals surface area contributed by atoms with E-state index in [4.69, 9.17) is 9.47 Å². The molecule has 0 radical (unpaired) electrons. The van der Waals surface area contributed by atoms with Gasteiger partial charge in [0, 0.05) is 18.3 Å². The number of hydrogen-bond acceptors (Lipinski definition) is 6. The third-order valence-corrected chi connectivity index (χ3v) is 5.06. The Morgan fingerprint density at radius 1 is 0.966 bits per heavy atom. The maximum atomic E-state index is 12.2. The Bertz CT molecular complexity index is 940. The van der Waals surface area contributed by atoms with Crippen LogP contribution in [0.15, 0.2) is 53.7 Å². The highest BCUT2D eigenvalue weighted by Gasteiger charge is 2.13. The molecule has 3 rings (SSSR count). The van der Waals surface area contributed by atoms with Crippen molar-refractivity contribution in [1.29, 1.82) is 0 Å². The van der Waals surface area contributed by atoms with Gasteiger partial charge in [0.15, 0.2) is 11.0 Å². The Kier molecular flexibility index (Phi) is 7.13. The standard InChI is InChI=1S/C21H24N4O3S/c1-4-27-17-10-6-15(7-11-17)20-23-24-21(25(20)3)29-14-19(26)22-16-8-12-18(13-9-16)28-5-2/h6-13H,4-5,14H2,1-3H3,(H,22,26). The third kappa shape index (κ3) is 5.51. The molecule has 0 bridgehead atoms. The van der Waals surface area contributed by atoms with Crippen molar-refractivity contribution in [3.05, 3.63) is 48.5 Å². The predicted molar refractivity (Wildman–Crippen MR) is 115 cm³/mol. The van der Waals surface area contributed by atoms with Crippen molar-refractivity contribution in [2.45, 2.75) is 19.0 Å². The quantitative estimate of drug-likeness (QED) is 0.535. The maximum Gasteiger partial charge on any atom is 0.234 e. The summed E-state index contributed by atoms with van der Waals surface area (Å²) in [5, 5.41) is 12.0. The van der Waals surface area contributed by atoms with Crippen LogP contribution < -0.4 is 14.8 Å². The summed E-state index contributed by atoms with van der Waals surface area (Å²) >= 11 is 1.34. The number of benzene rings is 2. The molecule has 1 heterocycles. The van der Waals surface area contributed by atoms with Crippen LogP contribution in [0, 0.1) is 0 Å². The van der Waals surface area contributed by atoms with Crippen LogP contribution in [-0.2, 0) is 11.8 Å². The summed E-state index contributed by atoms with van der Waals surface area (Å²) in [6, 6.07) is 15.0. The number of aromatic nitrogens is 3. The lowest BCUT2D eigenvalue weighted by atomic mass is 10.2. The molecule has 7 nitrogen and oxygen atoms in total. The molecule has 0 aliphatic rings. The summed E-state index contributed by atoms with van der Waals surface area (Å²) < 4.78 is 12.7. The normalized spacial score (nSPS) is 10.6. The maximum absolute atomic E-state index is 12.2. The van der Waals surface area contributed by atoms with E-state index in [9.17, 15) is 4.79 Å². The summed E-state index contributed by atoms with van der Waals surface area (Å²) in [5.41, 5.74) is 1.67. The van der Waals surface area contributed by atoms with Crippen LogP contribution in [0.5, 0.6) is 11.5 Å². The minimum atomic E-state index is -0.107. The van der Waals surface area contributed by atoms with Crippen LogP contribution in [0.2, 0.25) is 0 Å². The molecule has 1 N–H and O–H groups in total. The molecule has 0 spiro atoms. The van der Waals surface area contributed by atoms with Crippen molar-refractivity contribution in [2.24, 2.45) is 7.05 Å². The zero-order chi connectivity index (χ0) is 20.6. The first-order valence-corrected chi connectivity index (χ1v) is 10.4. The van der Waals surface area contributed by atoms with E-state index in [2.05, 4.69) is 15.5 Å². The van der Waals surface area contributed by atoms with Crippen molar-refractivity contribution in [3.8, 4) is 22.9 Å². The zero-order valence-corrected chi connectivity index (χ0v) is 17.5. The molecule has 152 valence electrons. The highest BCUT2D eigenvalue weighted by molar-refractivity contribution is 7.99. The van der Waals surface area contributed by atoms with E-state index >= 15 is 0 Å². The van der Waals surface area contributed by atoms with Gasteiger partial charge in [0.25, 0.3) is 0 Å². The first-order valence-electron chi connectivity index (χ1n) is 9.38. The molecule has 0 aliphatic heterocycles. The minimum Gasteiger partial charge on any atom is -0.494 e. The minimum absolute atomic E-state index is 0.107. The Morgan fingerprint density at radius 2 is 1.55 bits per heavy atom. The molecule has 0 unspecified atom stereocenters. The lowest BCUT2D eigenvalue weighted by molar-refractivity contribution is -0.113. The molecule has 0 atom stereocenters. The Hall–Kier alpha value is -3.00. The fraction of sp³-hybridized carbons (Fsp3) is 0.286. The molecule has 0 saturated carbocycles. The van der Waals surface area contributed by atoms with Crippen molar-refractivity contribution in [2.75, 3.05) is 24.3 Å². The van der Waals surface area contributed by atoms with Gasteiger partial charge in [-0.2, -0.15) is 0 Å². The van der Waals surface area contributed by atoms with Gasteiger partial charge in [-0.05, 0) is 62.4 Å². The largest absolute Gasteiger partial charge is 0.494 e. The van der Waals surface area contributed by atoms with E-state index in [0.717, 1.165) is 28.6 Å². The Labute approximate surface area is 174 Å². The fourth-order valence-electron chi connectivity index (χ4n) is 2.69. The molecule has 1 amide bonds. The third-order valence-electron chi connectivity index (χ3n) is 4.04. The van der Waals surface area contributed by atoms with Gasteiger partial charge in [-0.1, -0.05) is 11.8 Å². The molecule has 1 aromatic heterocycles. The van der Waals surface area contributed by atoms with Gasteiger partial charge in [-0.25, -0.2) is 0 Å². The summed E-state index contributed by atoms with van der Waals surface area (Å²) in [4.78, 5) is 12.2. The number of nitrogens with one attached hydrogen (secondary N) is 1. The van der Waals surface area contributed by atoms with Gasteiger partial charge >= 0.3 is 0 Å². The van der Waals surface area contributed by atoms with Crippen LogP contribution in [0.1, 0.15) is 13.8 Å². The first-order chi connectivity index (χ1) is 14.1. The highest BCUT2D eigenvalue weighted by atomic mass is 32.2. The van der Waals surface area contributed by atoms with Crippen LogP contribution in [0.4, 0.5) is 5.69 Å². The zero-order valence-electron chi connectivity index (χ0n) is 16.7. The first kappa shape index (κ1) is 20.7. The van der Waals surface area contributed by atoms with Crippen LogP contribution in [0.3, 0.4) is 0 Å². The number of thioether (sulfide) groups is 1. The van der Waals surface area contributed by atoms with Crippen LogP contribution in [-0.4, -0.2) is 39.6 Å². The molecule has 8 heteroatoms. The van der Waals surface area contributed by atoms with Gasteiger partial charge in [0.1, 0.15) is 11.5 Å². The van der Waals surface area contributed by atoms with Crippen molar-refractivity contribution < 1.29 is 14.3 Å². The monoisotopic (exact) mass is 412 g/mol. The smallest absolute Gasteiger partial charge is 0.234 e. The van der Waals surface area contributed by atoms with E-state index in [-0.39, 0.29) is 11.7 Å². The van der Waals surface area contributed by atoms with Gasteiger partial charge in [0.05, 0.1) is 19.0 Å². The van der Waals surface area contributed by atoms with Gasteiger partial charge in [-0.3, -0.25) is 4.79 Å². The molecule has 3 aromatic rings. The number of carbonyl (C=O) groups excluding carboxylic acids is 1. The molecule has 29 heavy (non-hydrogen) atoms. The number of ether oxygens (including phenoxy) is 2. The Morgan fingerprint density at radius 3 is 2.14 bits per heavy atom. The number of hydrogen-bond donors (Lipinski definition) is 1. The molecule has 2 aromatic carbocycles. The lowest BCUT2D eigenvalue weighted by Crippen LogP contribution is -2.14. The number of anilines is 1. The number of amides is 1. The van der Waals surface area contributed by atoms with Crippen molar-refractivity contribution in [1.82, 2.24) is 14.8 Å². The fourth-order valence-corrected chi connectivity index (χ4v) is 3.40. The summed E-state index contributed by atoms with van der Waals surface area (Å²) in [7, 11) is 1.89. The summed E-state index contributed by atoms with van der Waals surface area (Å²) in [6.07, 6.45) is 0. The van der Waals surface area contributed by atoms with Crippen LogP contribution in [0.25, 0.3) is 11.4 Å².